The van der Waals surface area contributed by atoms with E-state index in [1.54, 1.807) is 12.0 Å². The van der Waals surface area contributed by atoms with Crippen LogP contribution >= 0.6 is 12.4 Å². The largest absolute Gasteiger partial charge is 0.497 e. The van der Waals surface area contributed by atoms with E-state index in [1.807, 2.05) is 19.2 Å². The number of nitrogens with one attached hydrogen (secondary N) is 1. The molecule has 0 aliphatic carbocycles. The summed E-state index contributed by atoms with van der Waals surface area (Å²) in [7, 11) is 3.51. The van der Waals surface area contributed by atoms with E-state index in [-0.39, 0.29) is 24.4 Å². The van der Waals surface area contributed by atoms with E-state index >= 15 is 0 Å². The molecule has 1 atom stereocenters. The maximum Gasteiger partial charge on any atom is 0.252 e. The van der Waals surface area contributed by atoms with Crippen LogP contribution in [0, 0.1) is 0 Å². The van der Waals surface area contributed by atoms with Crippen molar-refractivity contribution in [3.05, 3.63) is 29.8 Å². The van der Waals surface area contributed by atoms with Crippen molar-refractivity contribution >= 4 is 18.3 Å². The van der Waals surface area contributed by atoms with Crippen LogP contribution in [0.1, 0.15) is 12.0 Å². The Labute approximate surface area is 138 Å². The van der Waals surface area contributed by atoms with Crippen LogP contribution in [0.2, 0.25) is 0 Å². The van der Waals surface area contributed by atoms with E-state index in [0.717, 1.165) is 31.7 Å². The molecule has 1 unspecified atom stereocenters. The van der Waals surface area contributed by atoms with E-state index in [0.29, 0.717) is 13.2 Å². The van der Waals surface area contributed by atoms with Gasteiger partial charge in [0.15, 0.2) is 0 Å². The summed E-state index contributed by atoms with van der Waals surface area (Å²) >= 11 is 0. The molecule has 0 bridgehead atoms. The molecule has 0 saturated carbocycles. The lowest BCUT2D eigenvalue weighted by Crippen LogP contribution is -2.48. The molecule has 1 aliphatic rings. The Hall–Kier alpha value is -1.30. The number of morpholine rings is 1. The Bertz CT molecular complexity index is 447. The lowest BCUT2D eigenvalue weighted by Gasteiger charge is -2.27. The van der Waals surface area contributed by atoms with Gasteiger partial charge in [0, 0.05) is 26.7 Å². The first kappa shape index (κ1) is 18.7. The maximum atomic E-state index is 12.2. The van der Waals surface area contributed by atoms with Gasteiger partial charge >= 0.3 is 0 Å². The molecule has 1 N–H and O–H groups in total. The third kappa shape index (κ3) is 5.48. The lowest BCUT2D eigenvalue weighted by molar-refractivity contribution is -0.143. The van der Waals surface area contributed by atoms with Crippen molar-refractivity contribution in [2.45, 2.75) is 18.9 Å². The number of carbonyl (C=O) groups is 1. The zero-order chi connectivity index (χ0) is 15.1. The molecule has 1 heterocycles. The Morgan fingerprint density at radius 1 is 1.41 bits per heavy atom. The Balaban J connectivity index is 0.00000242. The molecule has 1 amide bonds. The van der Waals surface area contributed by atoms with Gasteiger partial charge in [-0.05, 0) is 30.5 Å². The number of aryl methyl sites for hydroxylation is 1. The molecule has 1 fully saturated rings. The number of methoxy groups -OCH3 is 1. The van der Waals surface area contributed by atoms with E-state index < -0.39 is 0 Å². The first-order chi connectivity index (χ1) is 10.2. The van der Waals surface area contributed by atoms with Crippen LogP contribution in [-0.4, -0.2) is 57.3 Å². The van der Waals surface area contributed by atoms with Gasteiger partial charge in [-0.25, -0.2) is 0 Å². The topological polar surface area (TPSA) is 50.8 Å². The number of hydrogen-bond acceptors (Lipinski definition) is 4. The molecule has 0 spiro atoms. The van der Waals surface area contributed by atoms with Crippen molar-refractivity contribution in [3.63, 3.8) is 0 Å². The van der Waals surface area contributed by atoms with Crippen molar-refractivity contribution in [1.29, 1.82) is 0 Å². The first-order valence-electron chi connectivity index (χ1n) is 7.41. The van der Waals surface area contributed by atoms with Gasteiger partial charge in [0.1, 0.15) is 11.9 Å². The molecule has 0 radical (unpaired) electrons. The fourth-order valence-electron chi connectivity index (χ4n) is 2.39. The fourth-order valence-corrected chi connectivity index (χ4v) is 2.39. The summed E-state index contributed by atoms with van der Waals surface area (Å²) in [5.41, 5.74) is 1.26. The Kier molecular flexibility index (Phi) is 8.24. The van der Waals surface area contributed by atoms with Crippen LogP contribution in [0.25, 0.3) is 0 Å². The number of amides is 1. The number of benzene rings is 1. The van der Waals surface area contributed by atoms with Gasteiger partial charge in [-0.3, -0.25) is 4.79 Å². The van der Waals surface area contributed by atoms with Crippen molar-refractivity contribution in [1.82, 2.24) is 10.2 Å². The summed E-state index contributed by atoms with van der Waals surface area (Å²) in [4.78, 5) is 13.9. The van der Waals surface area contributed by atoms with Crippen LogP contribution in [0.5, 0.6) is 5.75 Å². The van der Waals surface area contributed by atoms with Crippen LogP contribution in [-0.2, 0) is 16.0 Å². The minimum Gasteiger partial charge on any atom is -0.497 e. The van der Waals surface area contributed by atoms with Gasteiger partial charge in [-0.1, -0.05) is 12.1 Å². The molecule has 6 heteroatoms. The second kappa shape index (κ2) is 9.66. The summed E-state index contributed by atoms with van der Waals surface area (Å²) in [6.07, 6.45) is 1.56. The minimum atomic E-state index is -0.329. The number of likely N-dealkylation sites (N-methyl/N-ethyl adjacent to an activating group) is 1. The summed E-state index contributed by atoms with van der Waals surface area (Å²) in [5.74, 6) is 0.935. The highest BCUT2D eigenvalue weighted by Crippen LogP contribution is 2.13. The molecule has 1 aromatic carbocycles. The third-order valence-corrected chi connectivity index (χ3v) is 3.70. The number of halogens is 1. The predicted octanol–water partition coefficient (Wildman–Crippen LogP) is 1.50. The van der Waals surface area contributed by atoms with Gasteiger partial charge in [-0.15, -0.1) is 12.4 Å². The predicted molar refractivity (Wildman–Crippen MR) is 88.8 cm³/mol. The van der Waals surface area contributed by atoms with Crippen molar-refractivity contribution < 1.29 is 14.3 Å². The Morgan fingerprint density at radius 2 is 2.14 bits per heavy atom. The molecule has 22 heavy (non-hydrogen) atoms. The van der Waals surface area contributed by atoms with Gasteiger partial charge in [0.05, 0.1) is 13.7 Å². The molecule has 0 aromatic heterocycles. The highest BCUT2D eigenvalue weighted by Gasteiger charge is 2.24. The summed E-state index contributed by atoms with van der Waals surface area (Å²) < 4.78 is 10.6. The number of hydrogen-bond donors (Lipinski definition) is 1. The average Bonchev–Trinajstić information content (AvgIpc) is 2.55. The zero-order valence-corrected chi connectivity index (χ0v) is 14.0. The number of nitrogens with zero attached hydrogens (tertiary/aromatic N) is 1. The van der Waals surface area contributed by atoms with E-state index in [1.165, 1.54) is 5.56 Å². The monoisotopic (exact) mass is 328 g/mol. The molecular weight excluding hydrogens is 304 g/mol. The first-order valence-corrected chi connectivity index (χ1v) is 7.41. The van der Waals surface area contributed by atoms with Crippen molar-refractivity contribution in [2.24, 2.45) is 0 Å². The summed E-state index contributed by atoms with van der Waals surface area (Å²) in [5, 5.41) is 3.18. The summed E-state index contributed by atoms with van der Waals surface area (Å²) in [6.45, 7) is 2.79. The lowest BCUT2D eigenvalue weighted by atomic mass is 10.1. The normalized spacial score (nSPS) is 17.5. The second-order valence-corrected chi connectivity index (χ2v) is 5.27. The quantitative estimate of drug-likeness (QED) is 0.859. The molecular formula is C16H25ClN2O3. The van der Waals surface area contributed by atoms with Crippen LogP contribution in [0.4, 0.5) is 0 Å². The maximum absolute atomic E-state index is 12.2. The molecule has 2 rings (SSSR count). The van der Waals surface area contributed by atoms with Gasteiger partial charge in [-0.2, -0.15) is 0 Å². The van der Waals surface area contributed by atoms with Crippen LogP contribution < -0.4 is 10.1 Å². The van der Waals surface area contributed by atoms with Crippen LogP contribution in [0.3, 0.4) is 0 Å². The molecule has 1 aromatic rings. The van der Waals surface area contributed by atoms with Crippen molar-refractivity contribution in [2.75, 3.05) is 40.4 Å². The minimum absolute atomic E-state index is 0. The van der Waals surface area contributed by atoms with Gasteiger partial charge in [0.25, 0.3) is 5.91 Å². The highest BCUT2D eigenvalue weighted by molar-refractivity contribution is 5.85. The molecule has 5 nitrogen and oxygen atoms in total. The molecule has 124 valence electrons. The smallest absolute Gasteiger partial charge is 0.252 e. The zero-order valence-electron chi connectivity index (χ0n) is 13.2. The number of rotatable bonds is 6. The van der Waals surface area contributed by atoms with E-state index in [2.05, 4.69) is 17.4 Å². The van der Waals surface area contributed by atoms with E-state index in [9.17, 15) is 4.79 Å². The average molecular weight is 329 g/mol. The highest BCUT2D eigenvalue weighted by atomic mass is 35.5. The number of ether oxygens (including phenoxy) is 2. The van der Waals surface area contributed by atoms with Gasteiger partial charge in [0.2, 0.25) is 0 Å². The summed E-state index contributed by atoms with van der Waals surface area (Å²) in [6, 6.07) is 8.06. The molecule has 1 saturated heterocycles. The van der Waals surface area contributed by atoms with Crippen LogP contribution in [0.15, 0.2) is 24.3 Å². The Morgan fingerprint density at radius 3 is 2.73 bits per heavy atom. The van der Waals surface area contributed by atoms with Gasteiger partial charge < -0.3 is 19.7 Å². The third-order valence-electron chi connectivity index (χ3n) is 3.70. The van der Waals surface area contributed by atoms with E-state index in [4.69, 9.17) is 9.47 Å². The SMILES string of the molecule is COc1ccc(CCCN(C)C(=O)C2CNCCO2)cc1.Cl. The second-order valence-electron chi connectivity index (χ2n) is 5.27. The van der Waals surface area contributed by atoms with Crippen molar-refractivity contribution in [3.8, 4) is 5.75 Å². The number of carbonyl (C=O) groups excluding carboxylic acids is 1. The molecule has 1 aliphatic heterocycles. The standard InChI is InChI=1S/C16H24N2O3.ClH/c1-18(16(19)15-12-17-9-11-21-15)10-3-4-13-5-7-14(20-2)8-6-13;/h5-8,15,17H,3-4,9-12H2,1-2H3;1H. The fraction of sp³-hybridized carbons (Fsp3) is 0.562.